The second-order valence-corrected chi connectivity index (χ2v) is 7.25. The number of anilines is 1. The van der Waals surface area contributed by atoms with Gasteiger partial charge in [-0.15, -0.1) is 0 Å². The predicted molar refractivity (Wildman–Crippen MR) is 96.5 cm³/mol. The fourth-order valence-electron chi connectivity index (χ4n) is 1.73. The van der Waals surface area contributed by atoms with Crippen LogP contribution in [0.5, 0.6) is 0 Å². The number of rotatable bonds is 3. The van der Waals surface area contributed by atoms with Crippen LogP contribution in [0.4, 0.5) is 11.4 Å². The van der Waals surface area contributed by atoms with Crippen molar-refractivity contribution in [2.24, 2.45) is 0 Å². The van der Waals surface area contributed by atoms with Crippen LogP contribution in [-0.2, 0) is 19.1 Å². The van der Waals surface area contributed by atoms with Crippen molar-refractivity contribution in [3.63, 3.8) is 0 Å². The number of ether oxygens (including phenoxy) is 2. The molecule has 1 aliphatic rings. The third-order valence-corrected chi connectivity index (χ3v) is 4.42. The Kier molecular flexibility index (Phi) is 5.13. The van der Waals surface area contributed by atoms with Gasteiger partial charge in [-0.25, -0.2) is 9.59 Å². The smallest absolute Gasteiger partial charge is 0.350 e. The van der Waals surface area contributed by atoms with E-state index >= 15 is 0 Å². The molecule has 1 aliphatic heterocycles. The van der Waals surface area contributed by atoms with Gasteiger partial charge in [0.1, 0.15) is 0 Å². The summed E-state index contributed by atoms with van der Waals surface area (Å²) in [4.78, 5) is 34.0. The number of nitro groups is 1. The van der Waals surface area contributed by atoms with Gasteiger partial charge < -0.3 is 14.8 Å². The zero-order valence-electron chi connectivity index (χ0n) is 11.9. The summed E-state index contributed by atoms with van der Waals surface area (Å²) in [5.41, 5.74) is 0.208. The largest absolute Gasteiger partial charge is 0.419 e. The number of nitrogens with one attached hydrogen (secondary N) is 1. The minimum absolute atomic E-state index is 0.0461. The average molecular weight is 544 g/mol. The summed E-state index contributed by atoms with van der Waals surface area (Å²) in [5.74, 6) is -2.90. The molecule has 23 heavy (non-hydrogen) atoms. The molecule has 1 heterocycles. The molecule has 0 amide bonds. The van der Waals surface area contributed by atoms with E-state index in [9.17, 15) is 19.7 Å². The van der Waals surface area contributed by atoms with Crippen molar-refractivity contribution in [1.29, 1.82) is 0 Å². The van der Waals surface area contributed by atoms with Gasteiger partial charge in [-0.1, -0.05) is 0 Å². The molecule has 1 fully saturated rings. The number of carbonyl (C=O) groups is 2. The number of non-ortho nitro benzene ring substituents is 1. The van der Waals surface area contributed by atoms with Crippen LogP contribution < -0.4 is 5.32 Å². The van der Waals surface area contributed by atoms with Crippen LogP contribution in [0.15, 0.2) is 23.9 Å². The molecule has 0 atom stereocenters. The van der Waals surface area contributed by atoms with Gasteiger partial charge in [-0.2, -0.15) is 0 Å². The first-order chi connectivity index (χ1) is 10.6. The van der Waals surface area contributed by atoms with Crippen LogP contribution >= 0.6 is 45.2 Å². The first-order valence-electron chi connectivity index (χ1n) is 6.17. The number of carbonyl (C=O) groups excluding carboxylic acids is 2. The molecule has 122 valence electrons. The van der Waals surface area contributed by atoms with Crippen LogP contribution in [0.3, 0.4) is 0 Å². The quantitative estimate of drug-likeness (QED) is 0.156. The number of hydrogen-bond donors (Lipinski definition) is 1. The number of benzene rings is 1. The van der Waals surface area contributed by atoms with Gasteiger partial charge >= 0.3 is 11.9 Å². The van der Waals surface area contributed by atoms with Gasteiger partial charge in [0.05, 0.1) is 10.6 Å². The van der Waals surface area contributed by atoms with Crippen LogP contribution in [0, 0.1) is 17.3 Å². The summed E-state index contributed by atoms with van der Waals surface area (Å²) in [6, 6.07) is 2.76. The Morgan fingerprint density at radius 2 is 1.65 bits per heavy atom. The second kappa shape index (κ2) is 6.59. The van der Waals surface area contributed by atoms with E-state index in [0.29, 0.717) is 12.8 Å². The van der Waals surface area contributed by atoms with Crippen molar-refractivity contribution in [2.75, 3.05) is 5.32 Å². The van der Waals surface area contributed by atoms with E-state index in [4.69, 9.17) is 9.47 Å². The highest BCUT2D eigenvalue weighted by atomic mass is 127. The SMILES string of the molecule is CC1(C)OC(=O)C(=CNc2c(I)cc([N+](=O)[O-])cc2I)C(=O)O1. The number of halogens is 2. The monoisotopic (exact) mass is 544 g/mol. The Morgan fingerprint density at radius 1 is 1.17 bits per heavy atom. The Bertz CT molecular complexity index is 699. The van der Waals surface area contributed by atoms with Crippen LogP contribution in [0.2, 0.25) is 0 Å². The van der Waals surface area contributed by atoms with E-state index < -0.39 is 22.6 Å². The maximum absolute atomic E-state index is 11.8. The molecule has 1 aromatic rings. The molecule has 0 aromatic heterocycles. The molecule has 1 aromatic carbocycles. The first kappa shape index (κ1) is 17.9. The maximum atomic E-state index is 11.8. The number of nitrogens with zero attached hydrogens (tertiary/aromatic N) is 1. The lowest BCUT2D eigenvalue weighted by Crippen LogP contribution is -2.42. The van der Waals surface area contributed by atoms with Gasteiger partial charge in [-0.3, -0.25) is 10.1 Å². The standard InChI is InChI=1S/C13H10I2N2O6/c1-13(2)22-11(18)7(12(19)23-13)5-16-10-8(14)3-6(17(20)21)4-9(10)15/h3-5,16H,1-2H3. The molecule has 0 aliphatic carbocycles. The van der Waals surface area contributed by atoms with E-state index in [1.165, 1.54) is 32.2 Å². The van der Waals surface area contributed by atoms with E-state index in [1.54, 1.807) is 0 Å². The second-order valence-electron chi connectivity index (χ2n) is 4.92. The van der Waals surface area contributed by atoms with Crippen LogP contribution in [-0.4, -0.2) is 22.6 Å². The van der Waals surface area contributed by atoms with Crippen molar-refractivity contribution in [3.05, 3.63) is 41.2 Å². The summed E-state index contributed by atoms with van der Waals surface area (Å²) in [6.45, 7) is 2.91. The first-order valence-corrected chi connectivity index (χ1v) is 8.33. The van der Waals surface area contributed by atoms with Crippen LogP contribution in [0.25, 0.3) is 0 Å². The van der Waals surface area contributed by atoms with Gasteiger partial charge in [0.15, 0.2) is 5.57 Å². The van der Waals surface area contributed by atoms with Gasteiger partial charge in [0.2, 0.25) is 0 Å². The summed E-state index contributed by atoms with van der Waals surface area (Å²) in [5, 5.41) is 13.6. The molecule has 0 spiro atoms. The van der Waals surface area contributed by atoms with Gasteiger partial charge in [0, 0.05) is 39.3 Å². The predicted octanol–water partition coefficient (Wildman–Crippen LogP) is 2.94. The molecule has 0 radical (unpaired) electrons. The molecule has 10 heteroatoms. The van der Waals surface area contributed by atoms with Crippen molar-refractivity contribution in [2.45, 2.75) is 19.6 Å². The van der Waals surface area contributed by atoms with E-state index in [2.05, 4.69) is 5.32 Å². The molecule has 1 N–H and O–H groups in total. The Hall–Kier alpha value is -1.44. The van der Waals surface area contributed by atoms with Crippen molar-refractivity contribution >= 4 is 68.5 Å². The molecular formula is C13H10I2N2O6. The van der Waals surface area contributed by atoms with E-state index in [0.717, 1.165) is 0 Å². The van der Waals surface area contributed by atoms with E-state index in [1.807, 2.05) is 45.2 Å². The fraction of sp³-hybridized carbons (Fsp3) is 0.231. The molecule has 0 unspecified atom stereocenters. The maximum Gasteiger partial charge on any atom is 0.350 e. The Morgan fingerprint density at radius 3 is 2.09 bits per heavy atom. The number of cyclic esters (lactones) is 2. The van der Waals surface area contributed by atoms with E-state index in [-0.39, 0.29) is 11.3 Å². The summed E-state index contributed by atoms with van der Waals surface area (Å²) in [7, 11) is 0. The molecule has 1 saturated heterocycles. The van der Waals surface area contributed by atoms with Gasteiger partial charge in [-0.05, 0) is 45.2 Å². The minimum Gasteiger partial charge on any atom is -0.419 e. The van der Waals surface area contributed by atoms with Gasteiger partial charge in [0.25, 0.3) is 11.5 Å². The average Bonchev–Trinajstić information content (AvgIpc) is 2.38. The summed E-state index contributed by atoms with van der Waals surface area (Å²) >= 11 is 3.84. The molecule has 2 rings (SSSR count). The number of hydrogen-bond acceptors (Lipinski definition) is 7. The molecular weight excluding hydrogens is 534 g/mol. The Labute approximate surface area is 158 Å². The molecule has 8 nitrogen and oxygen atoms in total. The van der Waals surface area contributed by atoms with Crippen molar-refractivity contribution in [1.82, 2.24) is 0 Å². The zero-order valence-corrected chi connectivity index (χ0v) is 16.2. The lowest BCUT2D eigenvalue weighted by Gasteiger charge is -2.29. The molecule has 0 bridgehead atoms. The minimum atomic E-state index is -1.30. The fourth-order valence-corrected chi connectivity index (χ4v) is 3.77. The topological polar surface area (TPSA) is 108 Å². The highest BCUT2D eigenvalue weighted by Crippen LogP contribution is 2.30. The zero-order chi connectivity index (χ0) is 17.4. The van der Waals surface area contributed by atoms with Crippen LogP contribution in [0.1, 0.15) is 13.8 Å². The normalized spacial score (nSPS) is 16.4. The third kappa shape index (κ3) is 4.10. The third-order valence-electron chi connectivity index (χ3n) is 2.72. The highest BCUT2D eigenvalue weighted by molar-refractivity contribution is 14.1. The number of esters is 2. The Balaban J connectivity index is 2.28. The lowest BCUT2D eigenvalue weighted by molar-refractivity contribution is -0.385. The summed E-state index contributed by atoms with van der Waals surface area (Å²) in [6.07, 6.45) is 1.17. The highest BCUT2D eigenvalue weighted by Gasteiger charge is 2.39. The lowest BCUT2D eigenvalue weighted by atomic mass is 10.2. The number of nitro benzene ring substituents is 1. The van der Waals surface area contributed by atoms with Crippen molar-refractivity contribution in [3.8, 4) is 0 Å². The summed E-state index contributed by atoms with van der Waals surface area (Å²) < 4.78 is 11.1. The molecule has 0 saturated carbocycles. The van der Waals surface area contributed by atoms with Crippen molar-refractivity contribution < 1.29 is 24.0 Å².